The van der Waals surface area contributed by atoms with Crippen LogP contribution in [0.5, 0.6) is 0 Å². The van der Waals surface area contributed by atoms with E-state index in [1.165, 1.54) is 9.80 Å². The topological polar surface area (TPSA) is 86.8 Å². The second kappa shape index (κ2) is 7.73. The van der Waals surface area contributed by atoms with Crippen molar-refractivity contribution in [2.45, 2.75) is 19.3 Å². The molecule has 1 aliphatic carbocycles. The van der Waals surface area contributed by atoms with Gasteiger partial charge in [0.05, 0.1) is 11.8 Å². The molecule has 0 spiro atoms. The van der Waals surface area contributed by atoms with Gasteiger partial charge in [0.25, 0.3) is 5.91 Å². The predicted molar refractivity (Wildman–Crippen MR) is 99.8 cm³/mol. The number of nitrogens with zero attached hydrogens (tertiary/aromatic N) is 2. The minimum absolute atomic E-state index is 0.0444. The third-order valence-corrected chi connectivity index (χ3v) is 4.98. The van der Waals surface area contributed by atoms with E-state index < -0.39 is 0 Å². The molecule has 1 aromatic carbocycles. The van der Waals surface area contributed by atoms with Crippen molar-refractivity contribution in [3.63, 3.8) is 0 Å². The number of anilines is 1. The molecule has 1 aromatic rings. The lowest BCUT2D eigenvalue weighted by Gasteiger charge is -2.14. The van der Waals surface area contributed by atoms with Gasteiger partial charge in [0.1, 0.15) is 0 Å². The van der Waals surface area contributed by atoms with E-state index in [-0.39, 0.29) is 48.4 Å². The van der Waals surface area contributed by atoms with E-state index in [0.717, 1.165) is 0 Å². The first-order chi connectivity index (χ1) is 12.9. The minimum Gasteiger partial charge on any atom is -0.345 e. The number of hydrogen-bond acceptors (Lipinski definition) is 4. The maximum absolute atomic E-state index is 12.4. The number of benzene rings is 1. The third kappa shape index (κ3) is 3.92. The second-order valence-electron chi connectivity index (χ2n) is 7.06. The molecule has 1 N–H and O–H groups in total. The van der Waals surface area contributed by atoms with Gasteiger partial charge in [-0.2, -0.15) is 0 Å². The van der Waals surface area contributed by atoms with Gasteiger partial charge in [0, 0.05) is 38.3 Å². The summed E-state index contributed by atoms with van der Waals surface area (Å²) in [5, 5.41) is 2.73. The highest BCUT2D eigenvalue weighted by Gasteiger charge is 2.46. The summed E-state index contributed by atoms with van der Waals surface area (Å²) >= 11 is 0. The van der Waals surface area contributed by atoms with Crippen molar-refractivity contribution < 1.29 is 19.2 Å². The molecule has 0 saturated carbocycles. The number of amides is 4. The van der Waals surface area contributed by atoms with E-state index >= 15 is 0 Å². The zero-order valence-corrected chi connectivity index (χ0v) is 15.5. The number of carbonyl (C=O) groups is 4. The van der Waals surface area contributed by atoms with Crippen LogP contribution in [-0.4, -0.2) is 54.1 Å². The summed E-state index contributed by atoms with van der Waals surface area (Å²) in [4.78, 5) is 51.5. The minimum atomic E-state index is -0.282. The van der Waals surface area contributed by atoms with Crippen molar-refractivity contribution in [1.82, 2.24) is 9.80 Å². The number of carbonyl (C=O) groups excluding carboxylic acids is 4. The van der Waals surface area contributed by atoms with E-state index in [1.54, 1.807) is 38.4 Å². The number of nitrogens with one attached hydrogen (secondary N) is 1. The molecule has 1 heterocycles. The van der Waals surface area contributed by atoms with Crippen molar-refractivity contribution >= 4 is 29.3 Å². The molecule has 142 valence electrons. The molecule has 0 radical (unpaired) electrons. The van der Waals surface area contributed by atoms with Gasteiger partial charge in [-0.3, -0.25) is 24.1 Å². The molecular weight excluding hydrogens is 346 g/mol. The average molecular weight is 369 g/mol. The molecule has 0 aromatic heterocycles. The van der Waals surface area contributed by atoms with Crippen LogP contribution in [0.25, 0.3) is 0 Å². The first kappa shape index (κ1) is 18.8. The highest BCUT2D eigenvalue weighted by Crippen LogP contribution is 2.35. The second-order valence-corrected chi connectivity index (χ2v) is 7.06. The van der Waals surface area contributed by atoms with Gasteiger partial charge in [-0.15, -0.1) is 0 Å². The van der Waals surface area contributed by atoms with Crippen molar-refractivity contribution in [1.29, 1.82) is 0 Å². The quantitative estimate of drug-likeness (QED) is 0.632. The lowest BCUT2D eigenvalue weighted by Crippen LogP contribution is -2.34. The largest absolute Gasteiger partial charge is 0.345 e. The predicted octanol–water partition coefficient (Wildman–Crippen LogP) is 1.67. The van der Waals surface area contributed by atoms with Gasteiger partial charge >= 0.3 is 0 Å². The number of allylic oxidation sites excluding steroid dienone is 2. The fourth-order valence-electron chi connectivity index (χ4n) is 3.48. The van der Waals surface area contributed by atoms with Crippen molar-refractivity contribution in [3.8, 4) is 0 Å². The van der Waals surface area contributed by atoms with Crippen LogP contribution in [0.15, 0.2) is 36.4 Å². The van der Waals surface area contributed by atoms with Crippen LogP contribution < -0.4 is 5.32 Å². The first-order valence-electron chi connectivity index (χ1n) is 9.00. The molecule has 27 heavy (non-hydrogen) atoms. The number of rotatable bonds is 5. The summed E-state index contributed by atoms with van der Waals surface area (Å²) in [5.74, 6) is -1.28. The van der Waals surface area contributed by atoms with Crippen LogP contribution in [0, 0.1) is 11.8 Å². The maximum Gasteiger partial charge on any atom is 0.253 e. The molecule has 7 heteroatoms. The lowest BCUT2D eigenvalue weighted by atomic mass is 9.85. The van der Waals surface area contributed by atoms with E-state index in [4.69, 9.17) is 0 Å². The average Bonchev–Trinajstić information content (AvgIpc) is 2.91. The Morgan fingerprint density at radius 3 is 2.11 bits per heavy atom. The lowest BCUT2D eigenvalue weighted by molar-refractivity contribution is -0.140. The van der Waals surface area contributed by atoms with E-state index in [9.17, 15) is 19.2 Å². The Kier molecular flexibility index (Phi) is 5.39. The summed E-state index contributed by atoms with van der Waals surface area (Å²) < 4.78 is 0. The van der Waals surface area contributed by atoms with Gasteiger partial charge < -0.3 is 10.2 Å². The van der Waals surface area contributed by atoms with E-state index in [2.05, 4.69) is 5.32 Å². The van der Waals surface area contributed by atoms with Gasteiger partial charge in [-0.1, -0.05) is 12.2 Å². The number of fused-ring (bicyclic) bond motifs is 1. The van der Waals surface area contributed by atoms with Crippen molar-refractivity contribution in [2.24, 2.45) is 11.8 Å². The highest BCUT2D eigenvalue weighted by atomic mass is 16.2. The molecule has 7 nitrogen and oxygen atoms in total. The van der Waals surface area contributed by atoms with Crippen molar-refractivity contribution in [2.75, 3.05) is 26.0 Å². The first-order valence-corrected chi connectivity index (χ1v) is 9.00. The van der Waals surface area contributed by atoms with Crippen LogP contribution in [0.4, 0.5) is 5.69 Å². The Hall–Kier alpha value is -2.96. The molecule has 1 fully saturated rings. The zero-order valence-electron chi connectivity index (χ0n) is 15.5. The smallest absolute Gasteiger partial charge is 0.253 e. The Morgan fingerprint density at radius 1 is 1.04 bits per heavy atom. The number of hydrogen-bond donors (Lipinski definition) is 1. The van der Waals surface area contributed by atoms with Crippen LogP contribution >= 0.6 is 0 Å². The monoisotopic (exact) mass is 369 g/mol. The third-order valence-electron chi connectivity index (χ3n) is 4.98. The normalized spacial score (nSPS) is 21.2. The van der Waals surface area contributed by atoms with Gasteiger partial charge in [-0.05, 0) is 37.1 Å². The van der Waals surface area contributed by atoms with Crippen LogP contribution in [0.3, 0.4) is 0 Å². The van der Waals surface area contributed by atoms with Gasteiger partial charge in [0.15, 0.2) is 0 Å². The summed E-state index contributed by atoms with van der Waals surface area (Å²) in [6.45, 7) is 0.0910. The molecule has 3 rings (SSSR count). The fraction of sp³-hybridized carbons (Fsp3) is 0.400. The molecule has 0 unspecified atom stereocenters. The summed E-state index contributed by atoms with van der Waals surface area (Å²) in [6.07, 6.45) is 5.11. The van der Waals surface area contributed by atoms with Crippen LogP contribution in [-0.2, 0) is 14.4 Å². The van der Waals surface area contributed by atoms with Gasteiger partial charge in [0.2, 0.25) is 17.7 Å². The molecule has 1 saturated heterocycles. The zero-order chi connectivity index (χ0) is 19.6. The maximum atomic E-state index is 12.4. The molecule has 1 aliphatic heterocycles. The molecule has 4 amide bonds. The number of imide groups is 1. The summed E-state index contributed by atoms with van der Waals surface area (Å²) in [6, 6.07) is 6.59. The molecular formula is C20H23N3O4. The summed E-state index contributed by atoms with van der Waals surface area (Å²) in [5.41, 5.74) is 1.09. The SMILES string of the molecule is CN(C)C(=O)c1ccc(NC(=O)CCN2C(=O)[C@@H]3CC=CC[C@H]3C2=O)cc1. The van der Waals surface area contributed by atoms with Gasteiger partial charge in [-0.25, -0.2) is 0 Å². The standard InChI is InChI=1S/C20H23N3O4/c1-22(2)18(25)13-7-9-14(10-8-13)21-17(24)11-12-23-19(26)15-5-3-4-6-16(15)20(23)27/h3-4,7-10,15-16H,5-6,11-12H2,1-2H3,(H,21,24)/t15-,16-/m1/s1. The molecule has 0 bridgehead atoms. The Balaban J connectivity index is 1.53. The van der Waals surface area contributed by atoms with Crippen molar-refractivity contribution in [3.05, 3.63) is 42.0 Å². The van der Waals surface area contributed by atoms with E-state index in [0.29, 0.717) is 24.1 Å². The Bertz CT molecular complexity index is 772. The van der Waals surface area contributed by atoms with Crippen LogP contribution in [0.1, 0.15) is 29.6 Å². The number of likely N-dealkylation sites (tertiary alicyclic amines) is 1. The Morgan fingerprint density at radius 2 is 1.59 bits per heavy atom. The molecule has 2 aliphatic rings. The Labute approximate surface area is 158 Å². The highest BCUT2D eigenvalue weighted by molar-refractivity contribution is 6.06. The summed E-state index contributed by atoms with van der Waals surface area (Å²) in [7, 11) is 3.34. The fourth-order valence-corrected chi connectivity index (χ4v) is 3.48. The van der Waals surface area contributed by atoms with E-state index in [1.807, 2.05) is 12.2 Å². The van der Waals surface area contributed by atoms with Crippen LogP contribution in [0.2, 0.25) is 0 Å². The molecule has 2 atom stereocenters.